The van der Waals surface area contributed by atoms with Gasteiger partial charge in [-0.15, -0.1) is 0 Å². The third-order valence-electron chi connectivity index (χ3n) is 7.12. The van der Waals surface area contributed by atoms with Gasteiger partial charge in [0.15, 0.2) is 0 Å². The summed E-state index contributed by atoms with van der Waals surface area (Å²) in [6, 6.07) is 0. The Kier molecular flexibility index (Phi) is 8.89. The van der Waals surface area contributed by atoms with Crippen molar-refractivity contribution in [3.63, 3.8) is 0 Å². The van der Waals surface area contributed by atoms with Gasteiger partial charge in [0, 0.05) is 0 Å². The van der Waals surface area contributed by atoms with Crippen molar-refractivity contribution in [1.29, 1.82) is 0 Å². The van der Waals surface area contributed by atoms with Crippen molar-refractivity contribution in [2.45, 2.75) is 98.4 Å². The van der Waals surface area contributed by atoms with E-state index in [1.807, 2.05) is 0 Å². The van der Waals surface area contributed by atoms with Crippen LogP contribution in [0.2, 0.25) is 0 Å². The molecule has 0 heterocycles. The molecule has 6 nitrogen and oxygen atoms in total. The molecule has 0 amide bonds. The summed E-state index contributed by atoms with van der Waals surface area (Å²) in [7, 11) is 0. The molecule has 2 aliphatic rings. The summed E-state index contributed by atoms with van der Waals surface area (Å²) < 4.78 is 11.0. The van der Waals surface area contributed by atoms with Gasteiger partial charge in [-0.1, -0.05) is 54.4 Å². The Balaban J connectivity index is 1.97. The number of rotatable bonds is 7. The van der Waals surface area contributed by atoms with Crippen LogP contribution in [0, 0.1) is 35.5 Å². The molecule has 0 aromatic rings. The van der Waals surface area contributed by atoms with Crippen LogP contribution in [-0.4, -0.2) is 41.1 Å². The number of carbonyl (C=O) groups is 3. The zero-order chi connectivity index (χ0) is 22.6. The van der Waals surface area contributed by atoms with Crippen molar-refractivity contribution in [3.05, 3.63) is 0 Å². The second kappa shape index (κ2) is 10.7. The predicted molar refractivity (Wildman–Crippen MR) is 113 cm³/mol. The lowest BCUT2D eigenvalue weighted by molar-refractivity contribution is -0.176. The van der Waals surface area contributed by atoms with Crippen LogP contribution in [0.4, 0.5) is 0 Å². The first kappa shape index (κ1) is 24.8. The lowest BCUT2D eigenvalue weighted by atomic mass is 9.75. The fraction of sp³-hybridized carbons (Fsp3) is 0.875. The van der Waals surface area contributed by atoms with E-state index in [0.29, 0.717) is 36.5 Å². The van der Waals surface area contributed by atoms with Gasteiger partial charge < -0.3 is 14.6 Å². The Morgan fingerprint density at radius 3 is 1.63 bits per heavy atom. The molecule has 6 heteroatoms. The molecule has 0 aliphatic heterocycles. The van der Waals surface area contributed by atoms with E-state index >= 15 is 0 Å². The van der Waals surface area contributed by atoms with E-state index in [-0.39, 0.29) is 24.0 Å². The van der Waals surface area contributed by atoms with E-state index in [1.165, 1.54) is 0 Å². The predicted octanol–water partition coefficient (Wildman–Crippen LogP) is 3.92. The molecule has 0 bridgehead atoms. The van der Waals surface area contributed by atoms with Crippen molar-refractivity contribution in [1.82, 2.24) is 0 Å². The fourth-order valence-corrected chi connectivity index (χ4v) is 5.13. The molecule has 2 aliphatic carbocycles. The molecule has 172 valence electrons. The normalized spacial score (nSPS) is 33.2. The van der Waals surface area contributed by atoms with Crippen molar-refractivity contribution in [2.75, 3.05) is 0 Å². The number of aliphatic hydroxyl groups is 1. The molecule has 2 rings (SSSR count). The van der Waals surface area contributed by atoms with E-state index in [9.17, 15) is 19.5 Å². The van der Waals surface area contributed by atoms with Crippen LogP contribution >= 0.6 is 0 Å². The third kappa shape index (κ3) is 6.29. The zero-order valence-corrected chi connectivity index (χ0v) is 19.4. The van der Waals surface area contributed by atoms with Crippen LogP contribution in [0.3, 0.4) is 0 Å². The maximum atomic E-state index is 12.4. The Bertz CT molecular complexity index is 613. The third-order valence-corrected chi connectivity index (χ3v) is 7.12. The summed E-state index contributed by atoms with van der Waals surface area (Å²) >= 11 is 0. The molecule has 7 unspecified atom stereocenters. The summed E-state index contributed by atoms with van der Waals surface area (Å²) in [5.41, 5.74) is 0. The molecule has 0 saturated heterocycles. The van der Waals surface area contributed by atoms with Gasteiger partial charge in [-0.2, -0.15) is 0 Å². The van der Waals surface area contributed by atoms with Crippen molar-refractivity contribution in [3.8, 4) is 0 Å². The highest BCUT2D eigenvalue weighted by Crippen LogP contribution is 2.36. The number of aliphatic hydroxyl groups excluding tert-OH is 1. The lowest BCUT2D eigenvalue weighted by Crippen LogP contribution is -2.44. The monoisotopic (exact) mass is 424 g/mol. The Labute approximate surface area is 181 Å². The Morgan fingerprint density at radius 2 is 1.20 bits per heavy atom. The molecule has 0 radical (unpaired) electrons. The van der Waals surface area contributed by atoms with Gasteiger partial charge in [0.1, 0.15) is 12.2 Å². The number of carbonyl (C=O) groups excluding carboxylic acids is 3. The number of Topliss-reactive ketones (excluding diaryl/α,β-unsaturated/α-hetero) is 1. The van der Waals surface area contributed by atoms with E-state index in [4.69, 9.17) is 9.47 Å². The average Bonchev–Trinajstić information content (AvgIpc) is 2.66. The van der Waals surface area contributed by atoms with Gasteiger partial charge in [0.25, 0.3) is 5.78 Å². The molecule has 0 aromatic carbocycles. The minimum Gasteiger partial charge on any atom is -0.460 e. The first-order valence-corrected chi connectivity index (χ1v) is 11.6. The second-order valence-electron chi connectivity index (χ2n) is 10.3. The van der Waals surface area contributed by atoms with E-state index < -0.39 is 23.8 Å². The second-order valence-corrected chi connectivity index (χ2v) is 10.3. The van der Waals surface area contributed by atoms with Crippen molar-refractivity contribution < 1.29 is 29.0 Å². The summed E-state index contributed by atoms with van der Waals surface area (Å²) in [4.78, 5) is 37.3. The molecule has 2 fully saturated rings. The van der Waals surface area contributed by atoms with Crippen LogP contribution in [0.1, 0.15) is 80.1 Å². The molecule has 1 N–H and O–H groups in total. The van der Waals surface area contributed by atoms with Gasteiger partial charge in [-0.05, 0) is 61.2 Å². The fourth-order valence-electron chi connectivity index (χ4n) is 5.13. The maximum Gasteiger partial charge on any atom is 0.378 e. The highest BCUT2D eigenvalue weighted by Gasteiger charge is 2.40. The number of hydrogen-bond acceptors (Lipinski definition) is 6. The molecular formula is C24H40O6. The molecule has 7 atom stereocenters. The van der Waals surface area contributed by atoms with Crippen LogP contribution < -0.4 is 0 Å². The quantitative estimate of drug-likeness (QED) is 0.378. The van der Waals surface area contributed by atoms with Gasteiger partial charge in [0.2, 0.25) is 6.10 Å². The summed E-state index contributed by atoms with van der Waals surface area (Å²) in [5.74, 6) is -1.57. The van der Waals surface area contributed by atoms with Crippen molar-refractivity contribution >= 4 is 17.7 Å². The van der Waals surface area contributed by atoms with E-state index in [1.54, 1.807) is 0 Å². The van der Waals surface area contributed by atoms with Gasteiger partial charge >= 0.3 is 11.9 Å². The van der Waals surface area contributed by atoms with Crippen LogP contribution in [0.25, 0.3) is 0 Å². The van der Waals surface area contributed by atoms with E-state index in [0.717, 1.165) is 25.7 Å². The standard InChI is InChI=1S/C24H40O6/c1-13(2)17-9-7-15(5)11-19(17)29-23(27)21(25)22(26)24(28)30-20-12-16(6)8-10-18(20)14(3)4/h13-21,25H,7-12H2,1-6H3. The average molecular weight is 425 g/mol. The zero-order valence-electron chi connectivity index (χ0n) is 19.4. The molecular weight excluding hydrogens is 384 g/mol. The first-order chi connectivity index (χ1) is 14.0. The van der Waals surface area contributed by atoms with Crippen molar-refractivity contribution in [2.24, 2.45) is 35.5 Å². The Morgan fingerprint density at radius 1 is 0.767 bits per heavy atom. The van der Waals surface area contributed by atoms with Crippen LogP contribution in [0.5, 0.6) is 0 Å². The van der Waals surface area contributed by atoms with Crippen LogP contribution in [0.15, 0.2) is 0 Å². The summed E-state index contributed by atoms with van der Waals surface area (Å²) in [5, 5.41) is 10.2. The summed E-state index contributed by atoms with van der Waals surface area (Å²) in [6.45, 7) is 12.5. The topological polar surface area (TPSA) is 89.9 Å². The highest BCUT2D eigenvalue weighted by atomic mass is 16.6. The smallest absolute Gasteiger partial charge is 0.378 e. The SMILES string of the molecule is CC1CCC(C(C)C)C(OC(=O)C(=O)C(O)C(=O)OC2CC(C)CCC2C(C)C)C1. The van der Waals surface area contributed by atoms with Gasteiger partial charge in [-0.25, -0.2) is 9.59 Å². The van der Waals surface area contributed by atoms with Gasteiger partial charge in [-0.3, -0.25) is 4.79 Å². The Hall–Kier alpha value is -1.43. The van der Waals surface area contributed by atoms with Gasteiger partial charge in [0.05, 0.1) is 0 Å². The molecule has 0 spiro atoms. The lowest BCUT2D eigenvalue weighted by Gasteiger charge is -2.37. The van der Waals surface area contributed by atoms with E-state index in [2.05, 4.69) is 41.5 Å². The molecule has 0 aromatic heterocycles. The number of hydrogen-bond donors (Lipinski definition) is 1. The minimum atomic E-state index is -2.12. The molecule has 30 heavy (non-hydrogen) atoms. The number of ether oxygens (including phenoxy) is 2. The molecule has 2 saturated carbocycles. The van der Waals surface area contributed by atoms with Crippen LogP contribution in [-0.2, 0) is 23.9 Å². The highest BCUT2D eigenvalue weighted by molar-refractivity contribution is 6.39. The largest absolute Gasteiger partial charge is 0.460 e. The number of esters is 2. The minimum absolute atomic E-state index is 0.178. The number of ketones is 1. The maximum absolute atomic E-state index is 12.4. The first-order valence-electron chi connectivity index (χ1n) is 11.6. The summed E-state index contributed by atoms with van der Waals surface area (Å²) in [6.07, 6.45) is 2.58.